The van der Waals surface area contributed by atoms with Crippen molar-refractivity contribution in [3.8, 4) is 17.3 Å². The van der Waals surface area contributed by atoms with E-state index in [1.807, 2.05) is 55.6 Å². The number of benzene rings is 1. The number of rotatable bonds is 4. The second kappa shape index (κ2) is 7.49. The maximum Gasteiger partial charge on any atom is 0.239 e. The van der Waals surface area contributed by atoms with Crippen molar-refractivity contribution in [3.63, 3.8) is 0 Å². The molecule has 2 aromatic heterocycles. The molecule has 8 heteroatoms. The third-order valence-electron chi connectivity index (χ3n) is 6.79. The molecule has 7 nitrogen and oxygen atoms in total. The van der Waals surface area contributed by atoms with Crippen LogP contribution in [0.15, 0.2) is 53.1 Å². The summed E-state index contributed by atoms with van der Waals surface area (Å²) < 4.78 is 0. The van der Waals surface area contributed by atoms with Gasteiger partial charge in [0.2, 0.25) is 5.91 Å². The van der Waals surface area contributed by atoms with Crippen molar-refractivity contribution in [2.45, 2.75) is 43.6 Å². The molecule has 166 valence electrons. The van der Waals surface area contributed by atoms with Gasteiger partial charge in [0.15, 0.2) is 5.96 Å². The van der Waals surface area contributed by atoms with E-state index in [1.54, 1.807) is 24.7 Å². The highest BCUT2D eigenvalue weighted by Gasteiger charge is 2.49. The Morgan fingerprint density at radius 3 is 2.58 bits per heavy atom. The number of amides is 1. The van der Waals surface area contributed by atoms with E-state index in [2.05, 4.69) is 16.0 Å². The molecule has 1 aliphatic carbocycles. The first-order valence-electron chi connectivity index (χ1n) is 10.8. The van der Waals surface area contributed by atoms with Gasteiger partial charge in [-0.3, -0.25) is 9.69 Å². The molecule has 1 fully saturated rings. The van der Waals surface area contributed by atoms with Crippen LogP contribution in [-0.2, 0) is 15.7 Å². The average Bonchev–Trinajstić information content (AvgIpc) is 3.44. The number of guanidine groups is 1. The number of nitrogens with two attached hydrogens (primary N) is 1. The van der Waals surface area contributed by atoms with Crippen LogP contribution in [0, 0.1) is 18.3 Å². The lowest BCUT2D eigenvalue weighted by atomic mass is 9.77. The first kappa shape index (κ1) is 21.3. The molecule has 1 saturated carbocycles. The summed E-state index contributed by atoms with van der Waals surface area (Å²) in [5.74, 6) is -0.448. The normalized spacial score (nSPS) is 23.7. The maximum atomic E-state index is 13.5. The zero-order valence-corrected chi connectivity index (χ0v) is 19.6. The second-order valence-corrected chi connectivity index (χ2v) is 9.92. The Labute approximate surface area is 196 Å². The molecule has 2 N–H and O–H groups in total. The van der Waals surface area contributed by atoms with Crippen molar-refractivity contribution in [3.05, 3.63) is 69.8 Å². The van der Waals surface area contributed by atoms with E-state index in [0.29, 0.717) is 0 Å². The molecule has 0 radical (unpaired) electrons. The number of likely N-dealkylation sites (N-methyl/N-ethyl adjacent to an activating group) is 1. The summed E-state index contributed by atoms with van der Waals surface area (Å²) in [5, 5.41) is 11.6. The van der Waals surface area contributed by atoms with Crippen molar-refractivity contribution >= 4 is 23.2 Å². The van der Waals surface area contributed by atoms with Gasteiger partial charge in [-0.25, -0.2) is 15.0 Å². The van der Waals surface area contributed by atoms with Gasteiger partial charge in [-0.1, -0.05) is 24.3 Å². The lowest BCUT2D eigenvalue weighted by molar-refractivity contribution is -0.130. The molecule has 33 heavy (non-hydrogen) atoms. The summed E-state index contributed by atoms with van der Waals surface area (Å²) in [6, 6.07) is 14.3. The molecular weight excluding hydrogens is 432 g/mol. The third kappa shape index (κ3) is 3.40. The fourth-order valence-electron chi connectivity index (χ4n) is 4.52. The fraction of sp³-hybridized carbons (Fsp3) is 0.320. The highest BCUT2D eigenvalue weighted by atomic mass is 32.1. The van der Waals surface area contributed by atoms with E-state index in [1.165, 1.54) is 4.90 Å². The summed E-state index contributed by atoms with van der Waals surface area (Å²) in [7, 11) is 1.65. The molecule has 0 bridgehead atoms. The minimum absolute atomic E-state index is 0.105. The van der Waals surface area contributed by atoms with Crippen molar-refractivity contribution in [1.82, 2.24) is 14.9 Å². The number of hydrogen-bond acceptors (Lipinski definition) is 7. The molecule has 1 aliphatic heterocycles. The molecule has 1 amide bonds. The van der Waals surface area contributed by atoms with Gasteiger partial charge in [0, 0.05) is 28.6 Å². The SMILES string of the molecule is Cc1cc(-c2csc([C@@]3(C)N=C(N)N(C)C(=O)[C@H]3c3ccc(C4(C#N)CC4)cc3)c2)ncn1. The quantitative estimate of drug-likeness (QED) is 0.641. The van der Waals surface area contributed by atoms with Gasteiger partial charge in [0.25, 0.3) is 0 Å². The molecule has 2 aliphatic rings. The van der Waals surface area contributed by atoms with Crippen molar-refractivity contribution in [2.24, 2.45) is 10.7 Å². The zero-order valence-electron chi connectivity index (χ0n) is 18.7. The lowest BCUT2D eigenvalue weighted by Gasteiger charge is -2.40. The van der Waals surface area contributed by atoms with Crippen LogP contribution in [0.2, 0.25) is 0 Å². The predicted octanol–water partition coefficient (Wildman–Crippen LogP) is 3.85. The smallest absolute Gasteiger partial charge is 0.239 e. The van der Waals surface area contributed by atoms with Crippen LogP contribution in [0.4, 0.5) is 0 Å². The van der Waals surface area contributed by atoms with Crippen LogP contribution in [0.25, 0.3) is 11.3 Å². The Bertz CT molecular complexity index is 1320. The average molecular weight is 457 g/mol. The largest absolute Gasteiger partial charge is 0.369 e. The minimum atomic E-state index is -0.868. The van der Waals surface area contributed by atoms with E-state index < -0.39 is 11.5 Å². The number of nitriles is 1. The van der Waals surface area contributed by atoms with Crippen LogP contribution >= 0.6 is 11.3 Å². The Morgan fingerprint density at radius 2 is 1.94 bits per heavy atom. The van der Waals surface area contributed by atoms with Crippen LogP contribution in [0.5, 0.6) is 0 Å². The van der Waals surface area contributed by atoms with Crippen molar-refractivity contribution in [2.75, 3.05) is 7.05 Å². The van der Waals surface area contributed by atoms with Gasteiger partial charge in [0.05, 0.1) is 23.1 Å². The molecule has 0 unspecified atom stereocenters. The van der Waals surface area contributed by atoms with E-state index in [9.17, 15) is 10.1 Å². The second-order valence-electron chi connectivity index (χ2n) is 9.01. The van der Waals surface area contributed by atoms with Crippen LogP contribution in [0.1, 0.15) is 47.4 Å². The summed E-state index contributed by atoms with van der Waals surface area (Å²) in [6.07, 6.45) is 3.32. The molecular formula is C25H24N6OS. The van der Waals surface area contributed by atoms with Gasteiger partial charge in [-0.05, 0) is 49.9 Å². The van der Waals surface area contributed by atoms with E-state index >= 15 is 0 Å². The first-order valence-corrected chi connectivity index (χ1v) is 11.7. The zero-order chi connectivity index (χ0) is 23.4. The van der Waals surface area contributed by atoms with Gasteiger partial charge in [-0.15, -0.1) is 11.3 Å². The van der Waals surface area contributed by atoms with Gasteiger partial charge < -0.3 is 5.73 Å². The number of aliphatic imine (C=N–C) groups is 1. The van der Waals surface area contributed by atoms with Crippen LogP contribution in [-0.4, -0.2) is 33.8 Å². The van der Waals surface area contributed by atoms with Gasteiger partial charge in [0.1, 0.15) is 11.9 Å². The van der Waals surface area contributed by atoms with E-state index in [4.69, 9.17) is 10.7 Å². The number of aromatic nitrogens is 2. The Balaban J connectivity index is 1.58. The highest BCUT2D eigenvalue weighted by Crippen LogP contribution is 2.49. The Hall–Kier alpha value is -3.57. The summed E-state index contributed by atoms with van der Waals surface area (Å²) >= 11 is 1.54. The summed E-state index contributed by atoms with van der Waals surface area (Å²) in [6.45, 7) is 3.89. The number of aryl methyl sites for hydroxylation is 1. The number of thiophene rings is 1. The standard InChI is InChI=1S/C25H24N6OS/c1-15-10-19(29-14-28-15)17-11-20(33-12-17)24(2)21(22(32)31(3)23(27)30-24)16-4-6-18(7-5-16)25(13-26)8-9-25/h4-7,10-12,14,21H,8-9H2,1-3H3,(H2,27,30)/t21-,24-/m1/s1. The van der Waals surface area contributed by atoms with Gasteiger partial charge >= 0.3 is 0 Å². The number of nitrogens with zero attached hydrogens (tertiary/aromatic N) is 5. The number of carbonyl (C=O) groups excluding carboxylic acids is 1. The molecule has 3 heterocycles. The number of carbonyl (C=O) groups is 1. The lowest BCUT2D eigenvalue weighted by Crippen LogP contribution is -2.52. The third-order valence-corrected chi connectivity index (χ3v) is 7.95. The monoisotopic (exact) mass is 456 g/mol. The Kier molecular flexibility index (Phi) is 4.83. The fourth-order valence-corrected chi connectivity index (χ4v) is 5.56. The summed E-state index contributed by atoms with van der Waals surface area (Å²) in [4.78, 5) is 29.2. The topological polar surface area (TPSA) is 108 Å². The van der Waals surface area contributed by atoms with Crippen molar-refractivity contribution in [1.29, 1.82) is 5.26 Å². The van der Waals surface area contributed by atoms with Gasteiger partial charge in [-0.2, -0.15) is 5.26 Å². The molecule has 3 aromatic rings. The molecule has 0 saturated heterocycles. The molecule has 2 atom stereocenters. The van der Waals surface area contributed by atoms with E-state index in [0.717, 1.165) is 45.8 Å². The highest BCUT2D eigenvalue weighted by molar-refractivity contribution is 7.10. The van der Waals surface area contributed by atoms with Crippen LogP contribution in [0.3, 0.4) is 0 Å². The first-order chi connectivity index (χ1) is 15.8. The maximum absolute atomic E-state index is 13.5. The minimum Gasteiger partial charge on any atom is -0.369 e. The number of hydrogen-bond donors (Lipinski definition) is 1. The summed E-state index contributed by atoms with van der Waals surface area (Å²) in [5.41, 5.74) is 9.48. The molecule has 0 spiro atoms. The molecule has 1 aromatic carbocycles. The predicted molar refractivity (Wildman–Crippen MR) is 128 cm³/mol. The molecule has 5 rings (SSSR count). The Morgan fingerprint density at radius 1 is 1.21 bits per heavy atom. The van der Waals surface area contributed by atoms with Crippen molar-refractivity contribution < 1.29 is 4.79 Å². The van der Waals surface area contributed by atoms with Crippen LogP contribution < -0.4 is 5.73 Å². The van der Waals surface area contributed by atoms with E-state index in [-0.39, 0.29) is 17.3 Å².